The van der Waals surface area contributed by atoms with Crippen LogP contribution >= 0.6 is 11.3 Å². The molecule has 2 aliphatic heterocycles. The number of anilines is 1. The van der Waals surface area contributed by atoms with Crippen LogP contribution in [-0.2, 0) is 16.0 Å². The summed E-state index contributed by atoms with van der Waals surface area (Å²) in [5.74, 6) is 0.557. The van der Waals surface area contributed by atoms with E-state index >= 15 is 0 Å². The van der Waals surface area contributed by atoms with Gasteiger partial charge >= 0.3 is 5.91 Å². The van der Waals surface area contributed by atoms with E-state index in [1.807, 2.05) is 52.0 Å². The molecule has 3 heterocycles. The zero-order valence-electron chi connectivity index (χ0n) is 26.5. The first-order valence-electron chi connectivity index (χ1n) is 15.4. The molecule has 0 radical (unpaired) electrons. The molecular formula is C36H38N2O6S. The Morgan fingerprint density at radius 2 is 1.89 bits per heavy atom. The van der Waals surface area contributed by atoms with Crippen LogP contribution in [0.15, 0.2) is 54.1 Å². The quantitative estimate of drug-likeness (QED) is 0.116. The van der Waals surface area contributed by atoms with Gasteiger partial charge in [0.1, 0.15) is 17.6 Å². The smallest absolute Gasteiger partial charge is 0.301 e. The lowest BCUT2D eigenvalue weighted by Crippen LogP contribution is -2.29. The van der Waals surface area contributed by atoms with Crippen molar-refractivity contribution in [1.82, 2.24) is 4.98 Å². The molecule has 6 rings (SSSR count). The Morgan fingerprint density at radius 1 is 1.09 bits per heavy atom. The van der Waals surface area contributed by atoms with Gasteiger partial charge in [0, 0.05) is 12.0 Å². The number of thiazole rings is 1. The number of carbonyl (C=O) groups excluding carboxylic acids is 2. The van der Waals surface area contributed by atoms with E-state index in [9.17, 15) is 14.7 Å². The third kappa shape index (κ3) is 5.77. The van der Waals surface area contributed by atoms with Gasteiger partial charge in [0.15, 0.2) is 16.6 Å². The summed E-state index contributed by atoms with van der Waals surface area (Å²) in [5, 5.41) is 12.2. The van der Waals surface area contributed by atoms with Gasteiger partial charge in [-0.05, 0) is 98.7 Å². The Morgan fingerprint density at radius 3 is 2.64 bits per heavy atom. The van der Waals surface area contributed by atoms with Crippen molar-refractivity contribution >= 4 is 44.1 Å². The highest BCUT2D eigenvalue weighted by molar-refractivity contribution is 7.22. The number of aryl methyl sites for hydroxylation is 2. The molecule has 9 heteroatoms. The Kier molecular flexibility index (Phi) is 8.31. The van der Waals surface area contributed by atoms with Gasteiger partial charge in [0.25, 0.3) is 5.78 Å². The molecule has 1 saturated heterocycles. The Bertz CT molecular complexity index is 1840. The molecule has 0 spiro atoms. The van der Waals surface area contributed by atoms with Crippen molar-refractivity contribution in [1.29, 1.82) is 0 Å². The van der Waals surface area contributed by atoms with Gasteiger partial charge in [0.05, 0.1) is 35.0 Å². The maximum atomic E-state index is 13.9. The molecule has 4 aromatic rings. The van der Waals surface area contributed by atoms with Gasteiger partial charge in [-0.2, -0.15) is 0 Å². The fourth-order valence-corrected chi connectivity index (χ4v) is 7.19. The number of aromatic nitrogens is 1. The van der Waals surface area contributed by atoms with Crippen LogP contribution in [0, 0.1) is 19.8 Å². The number of nitrogens with zero attached hydrogens (tertiary/aromatic N) is 2. The number of hydrogen-bond acceptors (Lipinski definition) is 8. The Hall–Kier alpha value is -4.37. The number of amides is 1. The minimum absolute atomic E-state index is 0.00463. The van der Waals surface area contributed by atoms with Gasteiger partial charge < -0.3 is 19.3 Å². The molecule has 3 aromatic carbocycles. The maximum Gasteiger partial charge on any atom is 0.301 e. The second-order valence-electron chi connectivity index (χ2n) is 12.2. The third-order valence-corrected chi connectivity index (χ3v) is 9.18. The largest absolute Gasteiger partial charge is 0.507 e. The lowest BCUT2D eigenvalue weighted by molar-refractivity contribution is -0.132. The molecule has 45 heavy (non-hydrogen) atoms. The minimum Gasteiger partial charge on any atom is -0.507 e. The number of Topliss-reactive ketones (excluding diaryl/α,β-unsaturated/α-hetero) is 1. The highest BCUT2D eigenvalue weighted by Gasteiger charge is 2.48. The van der Waals surface area contributed by atoms with Crippen molar-refractivity contribution in [3.8, 4) is 17.2 Å². The van der Waals surface area contributed by atoms with E-state index in [0.717, 1.165) is 39.1 Å². The summed E-state index contributed by atoms with van der Waals surface area (Å²) in [4.78, 5) is 34.0. The monoisotopic (exact) mass is 626 g/mol. The van der Waals surface area contributed by atoms with Gasteiger partial charge in [0.2, 0.25) is 0 Å². The number of ether oxygens (including phenoxy) is 3. The lowest BCUT2D eigenvalue weighted by atomic mass is 9.94. The first kappa shape index (κ1) is 30.6. The second-order valence-corrected chi connectivity index (χ2v) is 13.2. The van der Waals surface area contributed by atoms with Crippen LogP contribution in [0.4, 0.5) is 5.13 Å². The number of aliphatic hydroxyl groups is 1. The minimum atomic E-state index is -0.945. The maximum absolute atomic E-state index is 13.9. The summed E-state index contributed by atoms with van der Waals surface area (Å²) >= 11 is 1.35. The predicted molar refractivity (Wildman–Crippen MR) is 177 cm³/mol. The summed E-state index contributed by atoms with van der Waals surface area (Å²) in [5.41, 5.74) is 4.82. The molecule has 0 unspecified atom stereocenters. The fourth-order valence-electron chi connectivity index (χ4n) is 6.02. The summed E-state index contributed by atoms with van der Waals surface area (Å²) in [6.45, 7) is 13.1. The molecule has 8 nitrogen and oxygen atoms in total. The van der Waals surface area contributed by atoms with Crippen LogP contribution in [-0.4, -0.2) is 41.1 Å². The number of aliphatic hydroxyl groups excluding tert-OH is 1. The normalized spacial score (nSPS) is 19.0. The zero-order valence-corrected chi connectivity index (χ0v) is 27.3. The second kappa shape index (κ2) is 12.2. The van der Waals surface area contributed by atoms with Crippen LogP contribution < -0.4 is 19.1 Å². The van der Waals surface area contributed by atoms with E-state index in [0.29, 0.717) is 53.3 Å². The van der Waals surface area contributed by atoms with E-state index < -0.39 is 17.7 Å². The third-order valence-electron chi connectivity index (χ3n) is 8.17. The molecule has 0 aliphatic carbocycles. The van der Waals surface area contributed by atoms with E-state index in [1.54, 1.807) is 24.3 Å². The fraction of sp³-hybridized carbons (Fsp3) is 0.361. The highest BCUT2D eigenvalue weighted by Crippen LogP contribution is 2.46. The van der Waals surface area contributed by atoms with Crippen molar-refractivity contribution < 1.29 is 28.9 Å². The average Bonchev–Trinajstić information content (AvgIpc) is 3.65. The number of ketones is 1. The average molecular weight is 627 g/mol. The van der Waals surface area contributed by atoms with Crippen molar-refractivity contribution in [2.45, 2.75) is 66.5 Å². The number of hydrogen-bond donors (Lipinski definition) is 1. The number of fused-ring (bicyclic) bond motifs is 2. The van der Waals surface area contributed by atoms with Crippen molar-refractivity contribution in [2.75, 3.05) is 18.1 Å². The predicted octanol–water partition coefficient (Wildman–Crippen LogP) is 7.69. The van der Waals surface area contributed by atoms with Crippen molar-refractivity contribution in [3.05, 3.63) is 81.9 Å². The standard InChI is InChI=1S/C36H38N2O6S/c1-7-42-28-18-23(8-11-27(28)43-13-12-19(2)3)32-30(33(39)24-9-10-26-25(17-24)16-22(6)44-26)34(40)35(41)38(32)36-37-31-21(5)14-20(4)15-29(31)45-36/h8-11,14-15,17-19,22,32,39H,7,12-13,16H2,1-6H3/b33-30+/t22-,32-/m0/s1. The van der Waals surface area contributed by atoms with Crippen LogP contribution in [0.3, 0.4) is 0 Å². The van der Waals surface area contributed by atoms with Gasteiger partial charge in [-0.1, -0.05) is 37.3 Å². The molecule has 2 atom stereocenters. The SMILES string of the molecule is CCOc1cc([C@H]2/C(=C(\O)c3ccc4c(c3)C[C@H](C)O4)C(=O)C(=O)N2c2nc3c(C)cc(C)cc3s2)ccc1OCCC(C)C. The number of rotatable bonds is 9. The van der Waals surface area contributed by atoms with Gasteiger partial charge in [-0.15, -0.1) is 0 Å². The molecule has 1 fully saturated rings. The molecule has 0 saturated carbocycles. The van der Waals surface area contributed by atoms with E-state index in [1.165, 1.54) is 16.2 Å². The Labute approximate surface area is 267 Å². The summed E-state index contributed by atoms with van der Waals surface area (Å²) < 4.78 is 18.8. The summed E-state index contributed by atoms with van der Waals surface area (Å²) in [6.07, 6.45) is 1.59. The van der Waals surface area contributed by atoms with Crippen molar-refractivity contribution in [3.63, 3.8) is 0 Å². The first-order valence-corrected chi connectivity index (χ1v) is 16.3. The van der Waals surface area contributed by atoms with Crippen LogP contribution in [0.5, 0.6) is 17.2 Å². The highest BCUT2D eigenvalue weighted by atomic mass is 32.1. The molecule has 1 N–H and O–H groups in total. The molecule has 1 amide bonds. The van der Waals surface area contributed by atoms with Gasteiger partial charge in [-0.3, -0.25) is 14.5 Å². The molecule has 234 valence electrons. The molecule has 2 aliphatic rings. The lowest BCUT2D eigenvalue weighted by Gasteiger charge is -2.24. The zero-order chi connectivity index (χ0) is 32.0. The molecule has 0 bridgehead atoms. The van der Waals surface area contributed by atoms with Crippen LogP contribution in [0.2, 0.25) is 0 Å². The van der Waals surface area contributed by atoms with E-state index in [4.69, 9.17) is 19.2 Å². The number of carbonyl (C=O) groups is 2. The molecule has 1 aromatic heterocycles. The van der Waals surface area contributed by atoms with E-state index in [2.05, 4.69) is 13.8 Å². The van der Waals surface area contributed by atoms with Gasteiger partial charge in [-0.25, -0.2) is 4.98 Å². The Balaban J connectivity index is 1.51. The van der Waals surface area contributed by atoms with E-state index in [-0.39, 0.29) is 17.4 Å². The number of benzene rings is 3. The van der Waals surface area contributed by atoms with Crippen molar-refractivity contribution in [2.24, 2.45) is 5.92 Å². The topological polar surface area (TPSA) is 98.2 Å². The first-order chi connectivity index (χ1) is 21.5. The van der Waals surface area contributed by atoms with Crippen LogP contribution in [0.1, 0.15) is 68.0 Å². The molecular weight excluding hydrogens is 588 g/mol. The van der Waals surface area contributed by atoms with Crippen LogP contribution in [0.25, 0.3) is 16.0 Å². The summed E-state index contributed by atoms with van der Waals surface area (Å²) in [7, 11) is 0. The summed E-state index contributed by atoms with van der Waals surface area (Å²) in [6, 6.07) is 13.9.